The minimum atomic E-state index is -1.18. The first kappa shape index (κ1) is 11.6. The van der Waals surface area contributed by atoms with Crippen molar-refractivity contribution in [3.63, 3.8) is 0 Å². The number of nitro benzene ring substituents is 1. The van der Waals surface area contributed by atoms with E-state index in [9.17, 15) is 24.4 Å². The molecular formula is C8H5BrFNO4. The highest BCUT2D eigenvalue weighted by molar-refractivity contribution is 9.09. The zero-order chi connectivity index (χ0) is 11.6. The topological polar surface area (TPSA) is 80.4 Å². The van der Waals surface area contributed by atoms with E-state index in [0.717, 1.165) is 12.1 Å². The molecule has 5 nitrogen and oxygen atoms in total. The Hall–Kier alpha value is -1.50. The van der Waals surface area contributed by atoms with Crippen molar-refractivity contribution in [1.82, 2.24) is 0 Å². The molecule has 0 unspecified atom stereocenters. The Morgan fingerprint density at radius 2 is 2.20 bits per heavy atom. The Labute approximate surface area is 91.8 Å². The van der Waals surface area contributed by atoms with Gasteiger partial charge >= 0.3 is 5.69 Å². The molecule has 0 radical (unpaired) electrons. The van der Waals surface area contributed by atoms with Crippen LogP contribution in [0.2, 0.25) is 0 Å². The lowest BCUT2D eigenvalue weighted by atomic mass is 10.1. The van der Waals surface area contributed by atoms with Crippen LogP contribution in [0.15, 0.2) is 12.1 Å². The number of alkyl halides is 1. The van der Waals surface area contributed by atoms with Gasteiger partial charge < -0.3 is 5.11 Å². The number of nitro groups is 1. The van der Waals surface area contributed by atoms with E-state index in [4.69, 9.17) is 0 Å². The first-order valence-corrected chi connectivity index (χ1v) is 4.86. The smallest absolute Gasteiger partial charge is 0.346 e. The minimum Gasteiger partial charge on any atom is -0.502 e. The standard InChI is InChI=1S/C8H5BrFNO4/c9-3-6(12)4-1-2-5(10)7(8(4)13)11(14)15/h1-2,13H,3H2. The zero-order valence-electron chi connectivity index (χ0n) is 7.24. The fourth-order valence-electron chi connectivity index (χ4n) is 1.03. The summed E-state index contributed by atoms with van der Waals surface area (Å²) in [5.41, 5.74) is -1.36. The van der Waals surface area contributed by atoms with Crippen LogP contribution in [0.3, 0.4) is 0 Å². The normalized spacial score (nSPS) is 10.0. The second-order valence-corrected chi connectivity index (χ2v) is 3.17. The number of benzene rings is 1. The van der Waals surface area contributed by atoms with Gasteiger partial charge in [-0.15, -0.1) is 0 Å². The lowest BCUT2D eigenvalue weighted by Crippen LogP contribution is -2.03. The molecule has 0 amide bonds. The van der Waals surface area contributed by atoms with E-state index in [-0.39, 0.29) is 10.9 Å². The van der Waals surface area contributed by atoms with Crippen LogP contribution in [-0.2, 0) is 0 Å². The molecule has 1 N–H and O–H groups in total. The van der Waals surface area contributed by atoms with Gasteiger partial charge in [-0.05, 0) is 12.1 Å². The van der Waals surface area contributed by atoms with Crippen LogP contribution >= 0.6 is 15.9 Å². The van der Waals surface area contributed by atoms with Crippen molar-refractivity contribution in [3.05, 3.63) is 33.6 Å². The Morgan fingerprint density at radius 1 is 1.60 bits per heavy atom. The van der Waals surface area contributed by atoms with Crippen molar-refractivity contribution in [1.29, 1.82) is 0 Å². The molecule has 0 fully saturated rings. The van der Waals surface area contributed by atoms with Gasteiger partial charge in [0.15, 0.2) is 5.78 Å². The van der Waals surface area contributed by atoms with Gasteiger partial charge in [-0.2, -0.15) is 4.39 Å². The van der Waals surface area contributed by atoms with Crippen molar-refractivity contribution in [3.8, 4) is 5.75 Å². The van der Waals surface area contributed by atoms with Crippen molar-refractivity contribution in [2.75, 3.05) is 5.33 Å². The Balaban J connectivity index is 3.41. The van der Waals surface area contributed by atoms with Crippen LogP contribution in [0.4, 0.5) is 10.1 Å². The molecule has 0 heterocycles. The van der Waals surface area contributed by atoms with Gasteiger partial charge in [0.05, 0.1) is 15.8 Å². The second-order valence-electron chi connectivity index (χ2n) is 2.61. The Kier molecular flexibility index (Phi) is 3.35. The molecule has 15 heavy (non-hydrogen) atoms. The number of nitrogens with zero attached hydrogens (tertiary/aromatic N) is 1. The van der Waals surface area contributed by atoms with Crippen LogP contribution in [0.5, 0.6) is 5.75 Å². The van der Waals surface area contributed by atoms with Gasteiger partial charge in [-0.3, -0.25) is 14.9 Å². The van der Waals surface area contributed by atoms with E-state index in [1.807, 2.05) is 0 Å². The Bertz CT molecular complexity index is 435. The van der Waals surface area contributed by atoms with Crippen LogP contribution in [0.25, 0.3) is 0 Å². The number of hydrogen-bond acceptors (Lipinski definition) is 4. The summed E-state index contributed by atoms with van der Waals surface area (Å²) >= 11 is 2.84. The van der Waals surface area contributed by atoms with Gasteiger partial charge in [0.25, 0.3) is 0 Å². The molecule has 1 rings (SSSR count). The fraction of sp³-hybridized carbons (Fsp3) is 0.125. The molecule has 0 aromatic heterocycles. The second kappa shape index (κ2) is 4.35. The van der Waals surface area contributed by atoms with E-state index < -0.39 is 28.0 Å². The number of carbonyl (C=O) groups is 1. The molecule has 80 valence electrons. The van der Waals surface area contributed by atoms with E-state index in [1.54, 1.807) is 0 Å². The number of aromatic hydroxyl groups is 1. The third-order valence-corrected chi connectivity index (χ3v) is 2.22. The highest BCUT2D eigenvalue weighted by atomic mass is 79.9. The highest BCUT2D eigenvalue weighted by Gasteiger charge is 2.25. The first-order valence-electron chi connectivity index (χ1n) is 3.74. The van der Waals surface area contributed by atoms with Crippen LogP contribution in [-0.4, -0.2) is 21.1 Å². The average molecular weight is 278 g/mol. The summed E-state index contributed by atoms with van der Waals surface area (Å²) in [4.78, 5) is 20.5. The quantitative estimate of drug-likeness (QED) is 0.397. The maximum absolute atomic E-state index is 12.9. The zero-order valence-corrected chi connectivity index (χ0v) is 8.82. The summed E-state index contributed by atoms with van der Waals surface area (Å²) in [5, 5.41) is 19.6. The van der Waals surface area contributed by atoms with E-state index in [1.165, 1.54) is 0 Å². The van der Waals surface area contributed by atoms with Gasteiger partial charge in [-0.1, -0.05) is 15.9 Å². The molecule has 7 heteroatoms. The Morgan fingerprint density at radius 3 is 2.67 bits per heavy atom. The van der Waals surface area contributed by atoms with Gasteiger partial charge in [0, 0.05) is 0 Å². The lowest BCUT2D eigenvalue weighted by molar-refractivity contribution is -0.388. The monoisotopic (exact) mass is 277 g/mol. The summed E-state index contributed by atoms with van der Waals surface area (Å²) in [6, 6.07) is 1.77. The van der Waals surface area contributed by atoms with Crippen LogP contribution in [0, 0.1) is 15.9 Å². The summed E-state index contributed by atoms with van der Waals surface area (Å²) < 4.78 is 12.9. The predicted molar refractivity (Wildman–Crippen MR) is 52.8 cm³/mol. The molecule has 0 aliphatic heterocycles. The maximum Gasteiger partial charge on any atom is 0.346 e. The molecule has 0 saturated carbocycles. The van der Waals surface area contributed by atoms with Crippen molar-refractivity contribution in [2.24, 2.45) is 0 Å². The SMILES string of the molecule is O=C(CBr)c1ccc(F)c([N+](=O)[O-])c1O. The van der Waals surface area contributed by atoms with E-state index in [0.29, 0.717) is 0 Å². The number of Topliss-reactive ketones (excluding diaryl/α,β-unsaturated/α-hetero) is 1. The summed E-state index contributed by atoms with van der Waals surface area (Å²) in [6.45, 7) is 0. The predicted octanol–water partition coefficient (Wildman–Crippen LogP) is 2.02. The van der Waals surface area contributed by atoms with Crippen LogP contribution < -0.4 is 0 Å². The molecule has 0 aliphatic rings. The number of phenolic OH excluding ortho intramolecular Hbond substituents is 1. The third kappa shape index (κ3) is 2.12. The van der Waals surface area contributed by atoms with Gasteiger partial charge in [0.1, 0.15) is 0 Å². The van der Waals surface area contributed by atoms with Gasteiger partial charge in [-0.25, -0.2) is 0 Å². The van der Waals surface area contributed by atoms with Crippen molar-refractivity contribution >= 4 is 27.4 Å². The minimum absolute atomic E-state index is 0.108. The molecule has 1 aromatic rings. The molecule has 0 spiro atoms. The summed E-state index contributed by atoms with van der Waals surface area (Å²) in [5.74, 6) is -2.68. The molecular weight excluding hydrogens is 273 g/mol. The highest BCUT2D eigenvalue weighted by Crippen LogP contribution is 2.32. The molecule has 0 bridgehead atoms. The number of hydrogen-bond donors (Lipinski definition) is 1. The van der Waals surface area contributed by atoms with E-state index >= 15 is 0 Å². The number of halogens is 2. The van der Waals surface area contributed by atoms with Crippen LogP contribution in [0.1, 0.15) is 10.4 Å². The van der Waals surface area contributed by atoms with Gasteiger partial charge in [0.2, 0.25) is 11.6 Å². The van der Waals surface area contributed by atoms with Crippen molar-refractivity contribution < 1.29 is 19.2 Å². The number of carbonyl (C=O) groups excluding carboxylic acids is 1. The molecule has 0 saturated heterocycles. The molecule has 0 atom stereocenters. The van der Waals surface area contributed by atoms with Crippen molar-refractivity contribution in [2.45, 2.75) is 0 Å². The summed E-state index contributed by atoms with van der Waals surface area (Å²) in [6.07, 6.45) is 0. The third-order valence-electron chi connectivity index (χ3n) is 1.71. The first-order chi connectivity index (χ1) is 6.99. The maximum atomic E-state index is 12.9. The molecule has 1 aromatic carbocycles. The fourth-order valence-corrected chi connectivity index (χ4v) is 1.33. The number of rotatable bonds is 3. The number of ketones is 1. The average Bonchev–Trinajstić information content (AvgIpc) is 2.16. The van der Waals surface area contributed by atoms with E-state index in [2.05, 4.69) is 15.9 Å². The lowest BCUT2D eigenvalue weighted by Gasteiger charge is -2.02. The molecule has 0 aliphatic carbocycles. The summed E-state index contributed by atoms with van der Waals surface area (Å²) in [7, 11) is 0. The number of phenols is 1. The largest absolute Gasteiger partial charge is 0.502 e.